The van der Waals surface area contributed by atoms with Crippen LogP contribution in [0.1, 0.15) is 0 Å². The summed E-state index contributed by atoms with van der Waals surface area (Å²) in [4.78, 5) is 12.5. The van der Waals surface area contributed by atoms with E-state index in [2.05, 4.69) is 5.32 Å². The zero-order valence-electron chi connectivity index (χ0n) is 7.11. The average Bonchev–Trinajstić information content (AvgIpc) is 2.05. The lowest BCUT2D eigenvalue weighted by Gasteiger charge is -2.34. The molecule has 0 spiro atoms. The van der Waals surface area contributed by atoms with E-state index < -0.39 is 11.6 Å². The highest BCUT2D eigenvalue weighted by Crippen LogP contribution is 2.13. The first kappa shape index (κ1) is 8.80. The summed E-state index contributed by atoms with van der Waals surface area (Å²) < 4.78 is 0. The fourth-order valence-electron chi connectivity index (χ4n) is 1.08. The van der Waals surface area contributed by atoms with Gasteiger partial charge in [0, 0.05) is 0 Å². The number of likely N-dealkylation sites (N-methyl/N-ethyl adjacent to an activating group) is 1. The van der Waals surface area contributed by atoms with E-state index in [-0.39, 0.29) is 0 Å². The van der Waals surface area contributed by atoms with E-state index in [4.69, 9.17) is 5.11 Å². The van der Waals surface area contributed by atoms with Crippen LogP contribution in [0.3, 0.4) is 0 Å². The monoisotopic (exact) mass is 168 g/mol. The van der Waals surface area contributed by atoms with Crippen molar-refractivity contribution in [2.75, 3.05) is 14.1 Å². The van der Waals surface area contributed by atoms with Crippen LogP contribution in [-0.4, -0.2) is 35.7 Å². The molecule has 0 fully saturated rings. The van der Waals surface area contributed by atoms with Crippen LogP contribution in [0.2, 0.25) is 0 Å². The van der Waals surface area contributed by atoms with E-state index in [1.54, 1.807) is 43.4 Å². The third kappa shape index (κ3) is 1.21. The molecule has 0 saturated heterocycles. The number of carboxylic acid groups (broad SMARTS) is 1. The Kier molecular flexibility index (Phi) is 2.19. The maximum Gasteiger partial charge on any atom is 0.349 e. The summed E-state index contributed by atoms with van der Waals surface area (Å²) >= 11 is 0. The van der Waals surface area contributed by atoms with Crippen LogP contribution in [-0.2, 0) is 4.79 Å². The lowest BCUT2D eigenvalue weighted by atomic mass is 10.1. The topological polar surface area (TPSA) is 52.6 Å². The number of carbonyl (C=O) groups is 1. The van der Waals surface area contributed by atoms with E-state index >= 15 is 0 Å². The largest absolute Gasteiger partial charge is 0.478 e. The Labute approximate surface area is 71.2 Å². The number of nitrogens with zero attached hydrogens (tertiary/aromatic N) is 1. The number of hydrogen-bond donors (Lipinski definition) is 2. The van der Waals surface area contributed by atoms with Crippen molar-refractivity contribution in [1.82, 2.24) is 10.2 Å². The molecule has 66 valence electrons. The molecule has 1 heterocycles. The summed E-state index contributed by atoms with van der Waals surface area (Å²) in [5.74, 6) is -0.909. The van der Waals surface area contributed by atoms with Crippen LogP contribution >= 0.6 is 0 Å². The van der Waals surface area contributed by atoms with Gasteiger partial charge in [-0.3, -0.25) is 4.90 Å². The predicted octanol–water partition coefficient (Wildman–Crippen LogP) is 0.00200. The molecule has 1 atom stereocenters. The Balaban J connectivity index is 2.96. The molecule has 1 rings (SSSR count). The highest BCUT2D eigenvalue weighted by molar-refractivity contribution is 5.81. The molecule has 0 saturated carbocycles. The Morgan fingerprint density at radius 3 is 2.42 bits per heavy atom. The van der Waals surface area contributed by atoms with Crippen LogP contribution in [0.5, 0.6) is 0 Å². The van der Waals surface area contributed by atoms with Crippen molar-refractivity contribution in [3.63, 3.8) is 0 Å². The lowest BCUT2D eigenvalue weighted by Crippen LogP contribution is -2.59. The fraction of sp³-hybridized carbons (Fsp3) is 0.375. The smallest absolute Gasteiger partial charge is 0.349 e. The fourth-order valence-corrected chi connectivity index (χ4v) is 1.08. The number of nitrogens with one attached hydrogen (secondary N) is 1. The summed E-state index contributed by atoms with van der Waals surface area (Å²) in [6, 6.07) is 0. The van der Waals surface area contributed by atoms with Crippen molar-refractivity contribution in [1.29, 1.82) is 0 Å². The number of carboxylic acids is 1. The van der Waals surface area contributed by atoms with Crippen LogP contribution in [0.4, 0.5) is 0 Å². The lowest BCUT2D eigenvalue weighted by molar-refractivity contribution is -0.148. The highest BCUT2D eigenvalue weighted by Gasteiger charge is 2.37. The quantitative estimate of drug-likeness (QED) is 0.609. The third-order valence-electron chi connectivity index (χ3n) is 1.88. The van der Waals surface area contributed by atoms with E-state index in [1.165, 1.54) is 0 Å². The van der Waals surface area contributed by atoms with Crippen molar-refractivity contribution in [3.05, 3.63) is 24.4 Å². The van der Waals surface area contributed by atoms with Crippen LogP contribution in [0, 0.1) is 0 Å². The second-order valence-electron chi connectivity index (χ2n) is 2.83. The van der Waals surface area contributed by atoms with Crippen molar-refractivity contribution < 1.29 is 9.90 Å². The van der Waals surface area contributed by atoms with E-state index in [1.807, 2.05) is 0 Å². The maximum absolute atomic E-state index is 10.9. The molecule has 0 aliphatic carbocycles. The number of dihydropyridines is 1. The Bertz CT molecular complexity index is 245. The number of allylic oxidation sites excluding steroid dienone is 2. The first-order valence-corrected chi connectivity index (χ1v) is 3.62. The molecule has 1 aliphatic heterocycles. The standard InChI is InChI=1S/C8H12N2O2/c1-10(2)8(7(11)12)5-3-4-6-9-8/h3-6,9H,1-2H3,(H,11,12). The molecular weight excluding hydrogens is 156 g/mol. The van der Waals surface area contributed by atoms with Gasteiger partial charge in [-0.1, -0.05) is 6.08 Å². The van der Waals surface area contributed by atoms with Gasteiger partial charge in [0.15, 0.2) is 0 Å². The minimum Gasteiger partial charge on any atom is -0.478 e. The van der Waals surface area contributed by atoms with Gasteiger partial charge < -0.3 is 10.4 Å². The Morgan fingerprint density at radius 2 is 2.17 bits per heavy atom. The maximum atomic E-state index is 10.9. The molecule has 0 aromatic heterocycles. The zero-order chi connectivity index (χ0) is 9.19. The minimum absolute atomic E-state index is 0.909. The van der Waals surface area contributed by atoms with Crippen LogP contribution < -0.4 is 5.32 Å². The van der Waals surface area contributed by atoms with E-state index in [0.29, 0.717) is 0 Å². The number of aliphatic carboxylic acids is 1. The SMILES string of the molecule is CN(C)C1(C(=O)O)C=CC=CN1. The second-order valence-corrected chi connectivity index (χ2v) is 2.83. The van der Waals surface area contributed by atoms with Crippen molar-refractivity contribution in [2.24, 2.45) is 0 Å². The summed E-state index contributed by atoms with van der Waals surface area (Å²) in [6.07, 6.45) is 6.69. The van der Waals surface area contributed by atoms with E-state index in [0.717, 1.165) is 0 Å². The molecule has 4 heteroatoms. The molecule has 0 radical (unpaired) electrons. The molecule has 2 N–H and O–H groups in total. The van der Waals surface area contributed by atoms with Gasteiger partial charge in [0.05, 0.1) is 0 Å². The van der Waals surface area contributed by atoms with Gasteiger partial charge >= 0.3 is 5.97 Å². The van der Waals surface area contributed by atoms with E-state index in [9.17, 15) is 4.79 Å². The summed E-state index contributed by atoms with van der Waals surface area (Å²) in [6.45, 7) is 0. The van der Waals surface area contributed by atoms with Gasteiger partial charge in [-0.25, -0.2) is 4.79 Å². The van der Waals surface area contributed by atoms with Gasteiger partial charge in [0.1, 0.15) is 0 Å². The molecule has 0 aromatic rings. The molecule has 12 heavy (non-hydrogen) atoms. The van der Waals surface area contributed by atoms with Crippen LogP contribution in [0.15, 0.2) is 24.4 Å². The third-order valence-corrected chi connectivity index (χ3v) is 1.88. The molecular formula is C8H12N2O2. The van der Waals surface area contributed by atoms with Crippen molar-refractivity contribution >= 4 is 5.97 Å². The molecule has 0 aromatic carbocycles. The van der Waals surface area contributed by atoms with Gasteiger partial charge in [-0.15, -0.1) is 0 Å². The number of rotatable bonds is 2. The van der Waals surface area contributed by atoms with Gasteiger partial charge in [0.25, 0.3) is 0 Å². The molecule has 1 unspecified atom stereocenters. The van der Waals surface area contributed by atoms with Gasteiger partial charge in [-0.2, -0.15) is 0 Å². The second kappa shape index (κ2) is 2.98. The van der Waals surface area contributed by atoms with Gasteiger partial charge in [-0.05, 0) is 32.4 Å². The normalized spacial score (nSPS) is 27.2. The predicted molar refractivity (Wildman–Crippen MR) is 45.5 cm³/mol. The van der Waals surface area contributed by atoms with Crippen molar-refractivity contribution in [3.8, 4) is 0 Å². The van der Waals surface area contributed by atoms with Crippen molar-refractivity contribution in [2.45, 2.75) is 5.66 Å². The van der Waals surface area contributed by atoms with Gasteiger partial charge in [0.2, 0.25) is 5.66 Å². The highest BCUT2D eigenvalue weighted by atomic mass is 16.4. The first-order chi connectivity index (χ1) is 5.59. The Morgan fingerprint density at radius 1 is 1.50 bits per heavy atom. The zero-order valence-corrected chi connectivity index (χ0v) is 7.11. The molecule has 0 amide bonds. The average molecular weight is 168 g/mol. The first-order valence-electron chi connectivity index (χ1n) is 3.62. The molecule has 4 nitrogen and oxygen atoms in total. The number of hydrogen-bond acceptors (Lipinski definition) is 3. The summed E-state index contributed by atoms with van der Waals surface area (Å²) in [5, 5.41) is 11.8. The van der Waals surface area contributed by atoms with Crippen LogP contribution in [0.25, 0.3) is 0 Å². The minimum atomic E-state index is -1.09. The summed E-state index contributed by atoms with van der Waals surface area (Å²) in [7, 11) is 3.43. The Hall–Kier alpha value is -1.29. The molecule has 1 aliphatic rings. The molecule has 0 bridgehead atoms. The summed E-state index contributed by atoms with van der Waals surface area (Å²) in [5.41, 5.74) is -1.09.